The number of hydrogen-bond donors (Lipinski definition) is 1. The molecular weight excluding hydrogens is 232 g/mol. The minimum Gasteiger partial charge on any atom is -0.370 e. The normalized spacial score (nSPS) is 18.9. The Bertz CT molecular complexity index is 538. The van der Waals surface area contributed by atoms with E-state index in [1.165, 1.54) is 35.8 Å². The summed E-state index contributed by atoms with van der Waals surface area (Å²) in [6.45, 7) is 5.60. The number of likely N-dealkylation sites (N-methyl/N-ethyl adjacent to an activating group) is 1. The van der Waals surface area contributed by atoms with Crippen LogP contribution in [0.1, 0.15) is 19.8 Å². The highest BCUT2D eigenvalue weighted by Crippen LogP contribution is 2.27. The molecule has 1 fully saturated rings. The lowest BCUT2D eigenvalue weighted by atomic mass is 10.1. The number of anilines is 1. The summed E-state index contributed by atoms with van der Waals surface area (Å²) in [5.74, 6) is 0. The van der Waals surface area contributed by atoms with Gasteiger partial charge in [-0.25, -0.2) is 0 Å². The average molecular weight is 254 g/mol. The lowest BCUT2D eigenvalue weighted by molar-refractivity contribution is 0.587. The maximum Gasteiger partial charge on any atom is 0.0446 e. The molecule has 2 aromatic rings. The maximum atomic E-state index is 3.60. The molecule has 2 aromatic carbocycles. The Balaban J connectivity index is 1.91. The van der Waals surface area contributed by atoms with Crippen LogP contribution in [0.4, 0.5) is 5.69 Å². The van der Waals surface area contributed by atoms with E-state index in [2.05, 4.69) is 59.6 Å². The van der Waals surface area contributed by atoms with Crippen molar-refractivity contribution < 1.29 is 0 Å². The highest BCUT2D eigenvalue weighted by molar-refractivity contribution is 5.94. The standard InChI is InChI=1S/C17H22N2/c1-2-19(13-15-9-6-12-18-15)17-11-5-8-14-7-3-4-10-16(14)17/h3-5,7-8,10-11,15,18H,2,6,9,12-13H2,1H3. The number of nitrogens with one attached hydrogen (secondary N) is 1. The fraction of sp³-hybridized carbons (Fsp3) is 0.412. The molecule has 2 nitrogen and oxygen atoms in total. The number of benzene rings is 2. The molecule has 2 heteroatoms. The van der Waals surface area contributed by atoms with Crippen LogP contribution in [-0.2, 0) is 0 Å². The van der Waals surface area contributed by atoms with Gasteiger partial charge in [0.1, 0.15) is 0 Å². The van der Waals surface area contributed by atoms with Crippen molar-refractivity contribution in [2.75, 3.05) is 24.5 Å². The summed E-state index contributed by atoms with van der Waals surface area (Å²) in [6, 6.07) is 15.9. The molecule has 1 aliphatic heterocycles. The van der Waals surface area contributed by atoms with Crippen LogP contribution in [0.5, 0.6) is 0 Å². The molecule has 0 saturated carbocycles. The predicted molar refractivity (Wildman–Crippen MR) is 82.9 cm³/mol. The monoisotopic (exact) mass is 254 g/mol. The van der Waals surface area contributed by atoms with Gasteiger partial charge >= 0.3 is 0 Å². The van der Waals surface area contributed by atoms with E-state index >= 15 is 0 Å². The van der Waals surface area contributed by atoms with Crippen molar-refractivity contribution in [3.8, 4) is 0 Å². The van der Waals surface area contributed by atoms with Gasteiger partial charge in [-0.15, -0.1) is 0 Å². The highest BCUT2D eigenvalue weighted by Gasteiger charge is 2.18. The molecule has 1 aliphatic rings. The van der Waals surface area contributed by atoms with Crippen LogP contribution in [0.2, 0.25) is 0 Å². The van der Waals surface area contributed by atoms with Crippen LogP contribution in [0.25, 0.3) is 10.8 Å². The van der Waals surface area contributed by atoms with E-state index < -0.39 is 0 Å². The van der Waals surface area contributed by atoms with Gasteiger partial charge in [-0.1, -0.05) is 36.4 Å². The van der Waals surface area contributed by atoms with Gasteiger partial charge in [-0.2, -0.15) is 0 Å². The number of rotatable bonds is 4. The van der Waals surface area contributed by atoms with Gasteiger partial charge in [0.2, 0.25) is 0 Å². The molecule has 0 aliphatic carbocycles. The molecule has 1 N–H and O–H groups in total. The molecule has 100 valence electrons. The first-order valence-electron chi connectivity index (χ1n) is 7.34. The Morgan fingerprint density at radius 2 is 2.00 bits per heavy atom. The molecule has 19 heavy (non-hydrogen) atoms. The van der Waals surface area contributed by atoms with Crippen LogP contribution in [-0.4, -0.2) is 25.7 Å². The molecule has 1 unspecified atom stereocenters. The summed E-state index contributed by atoms with van der Waals surface area (Å²) in [6.07, 6.45) is 2.62. The summed E-state index contributed by atoms with van der Waals surface area (Å²) >= 11 is 0. The molecule has 0 spiro atoms. The number of hydrogen-bond acceptors (Lipinski definition) is 2. The van der Waals surface area contributed by atoms with Gasteiger partial charge in [-0.3, -0.25) is 0 Å². The fourth-order valence-corrected chi connectivity index (χ4v) is 3.06. The zero-order valence-corrected chi connectivity index (χ0v) is 11.6. The zero-order chi connectivity index (χ0) is 13.1. The summed E-state index contributed by atoms with van der Waals surface area (Å²) in [7, 11) is 0. The van der Waals surface area contributed by atoms with E-state index in [1.807, 2.05) is 0 Å². The van der Waals surface area contributed by atoms with E-state index in [1.54, 1.807) is 0 Å². The largest absolute Gasteiger partial charge is 0.370 e. The van der Waals surface area contributed by atoms with Gasteiger partial charge in [-0.05, 0) is 37.8 Å². The summed E-state index contributed by atoms with van der Waals surface area (Å²) in [5, 5.41) is 6.29. The van der Waals surface area contributed by atoms with E-state index in [-0.39, 0.29) is 0 Å². The van der Waals surface area contributed by atoms with Gasteiger partial charge < -0.3 is 10.2 Å². The maximum absolute atomic E-state index is 3.60. The third-order valence-electron chi connectivity index (χ3n) is 4.09. The highest BCUT2D eigenvalue weighted by atomic mass is 15.2. The molecule has 1 heterocycles. The van der Waals surface area contributed by atoms with Crippen molar-refractivity contribution >= 4 is 16.5 Å². The van der Waals surface area contributed by atoms with Crippen LogP contribution in [0.3, 0.4) is 0 Å². The van der Waals surface area contributed by atoms with Crippen molar-refractivity contribution in [3.63, 3.8) is 0 Å². The lowest BCUT2D eigenvalue weighted by Gasteiger charge is -2.27. The van der Waals surface area contributed by atoms with Crippen molar-refractivity contribution in [1.82, 2.24) is 5.32 Å². The summed E-state index contributed by atoms with van der Waals surface area (Å²) in [4.78, 5) is 2.51. The first-order valence-corrected chi connectivity index (χ1v) is 7.34. The number of fused-ring (bicyclic) bond motifs is 1. The third kappa shape index (κ3) is 2.59. The van der Waals surface area contributed by atoms with Gasteiger partial charge in [0, 0.05) is 30.2 Å². The fourth-order valence-electron chi connectivity index (χ4n) is 3.06. The average Bonchev–Trinajstić information content (AvgIpc) is 2.97. The second-order valence-corrected chi connectivity index (χ2v) is 5.33. The molecule has 0 amide bonds. The summed E-state index contributed by atoms with van der Waals surface area (Å²) < 4.78 is 0. The Hall–Kier alpha value is -1.54. The van der Waals surface area contributed by atoms with Crippen LogP contribution >= 0.6 is 0 Å². The summed E-state index contributed by atoms with van der Waals surface area (Å²) in [5.41, 5.74) is 1.37. The minimum absolute atomic E-state index is 0.652. The van der Waals surface area contributed by atoms with Crippen LogP contribution < -0.4 is 10.2 Å². The van der Waals surface area contributed by atoms with E-state index in [4.69, 9.17) is 0 Å². The van der Waals surface area contributed by atoms with E-state index in [0.717, 1.165) is 13.1 Å². The Morgan fingerprint density at radius 3 is 2.79 bits per heavy atom. The quantitative estimate of drug-likeness (QED) is 0.899. The third-order valence-corrected chi connectivity index (χ3v) is 4.09. The molecule has 1 atom stereocenters. The van der Waals surface area contributed by atoms with E-state index in [9.17, 15) is 0 Å². The SMILES string of the molecule is CCN(CC1CCCN1)c1cccc2ccccc12. The second kappa shape index (κ2) is 5.62. The van der Waals surface area contributed by atoms with Crippen LogP contribution in [0, 0.1) is 0 Å². The number of nitrogens with zero attached hydrogens (tertiary/aromatic N) is 1. The van der Waals surface area contributed by atoms with Gasteiger partial charge in [0.15, 0.2) is 0 Å². The van der Waals surface area contributed by atoms with Crippen molar-refractivity contribution in [3.05, 3.63) is 42.5 Å². The Morgan fingerprint density at radius 1 is 1.16 bits per heavy atom. The lowest BCUT2D eigenvalue weighted by Crippen LogP contribution is -2.37. The second-order valence-electron chi connectivity index (χ2n) is 5.33. The Kier molecular flexibility index (Phi) is 3.69. The Labute approximate surface area is 115 Å². The topological polar surface area (TPSA) is 15.3 Å². The van der Waals surface area contributed by atoms with Crippen LogP contribution in [0.15, 0.2) is 42.5 Å². The first kappa shape index (κ1) is 12.5. The molecule has 3 rings (SSSR count). The van der Waals surface area contributed by atoms with Gasteiger partial charge in [0.25, 0.3) is 0 Å². The molecule has 0 radical (unpaired) electrons. The van der Waals surface area contributed by atoms with Crippen molar-refractivity contribution in [2.24, 2.45) is 0 Å². The van der Waals surface area contributed by atoms with Crippen molar-refractivity contribution in [2.45, 2.75) is 25.8 Å². The zero-order valence-electron chi connectivity index (χ0n) is 11.6. The predicted octanol–water partition coefficient (Wildman–Crippen LogP) is 3.42. The van der Waals surface area contributed by atoms with Gasteiger partial charge in [0.05, 0.1) is 0 Å². The smallest absolute Gasteiger partial charge is 0.0446 e. The minimum atomic E-state index is 0.652. The van der Waals surface area contributed by atoms with E-state index in [0.29, 0.717) is 6.04 Å². The molecule has 1 saturated heterocycles. The molecule has 0 aromatic heterocycles. The molecular formula is C17H22N2. The molecule has 0 bridgehead atoms. The van der Waals surface area contributed by atoms with Crippen molar-refractivity contribution in [1.29, 1.82) is 0 Å². The first-order chi connectivity index (χ1) is 9.38.